The van der Waals surface area contributed by atoms with Crippen molar-refractivity contribution in [3.05, 3.63) is 53.7 Å². The fourth-order valence-electron chi connectivity index (χ4n) is 3.55. The highest BCUT2D eigenvalue weighted by molar-refractivity contribution is 5.73. The van der Waals surface area contributed by atoms with E-state index in [2.05, 4.69) is 33.5 Å². The number of aromatic nitrogens is 1. The van der Waals surface area contributed by atoms with Crippen LogP contribution in [0.3, 0.4) is 0 Å². The first-order chi connectivity index (χ1) is 13.7. The van der Waals surface area contributed by atoms with Gasteiger partial charge in [-0.2, -0.15) is 0 Å². The molecule has 0 spiro atoms. The highest BCUT2D eigenvalue weighted by Crippen LogP contribution is 2.27. The molecule has 4 rings (SSSR count). The van der Waals surface area contributed by atoms with Gasteiger partial charge in [0.15, 0.2) is 0 Å². The number of hydrogen-bond acceptors (Lipinski definition) is 5. The van der Waals surface area contributed by atoms with E-state index in [0.717, 1.165) is 43.2 Å². The zero-order chi connectivity index (χ0) is 19.3. The van der Waals surface area contributed by atoms with Crippen LogP contribution in [0, 0.1) is 0 Å². The minimum atomic E-state index is -0.203. The lowest BCUT2D eigenvalue weighted by Crippen LogP contribution is -2.41. The molecule has 2 unspecified atom stereocenters. The number of rotatable bonds is 5. The Bertz CT molecular complexity index is 787. The average Bonchev–Trinajstić information content (AvgIpc) is 3.14. The molecule has 2 N–H and O–H groups in total. The summed E-state index contributed by atoms with van der Waals surface area (Å²) in [4.78, 5) is 18.8. The van der Waals surface area contributed by atoms with Crippen molar-refractivity contribution < 1.29 is 14.3 Å². The molecule has 2 aliphatic rings. The molecule has 7 nitrogen and oxygen atoms in total. The molecule has 2 amide bonds. The van der Waals surface area contributed by atoms with Crippen LogP contribution in [0.15, 0.2) is 42.6 Å². The Balaban J connectivity index is 1.20. The topological polar surface area (TPSA) is 75.7 Å². The summed E-state index contributed by atoms with van der Waals surface area (Å²) in [6.45, 7) is 5.41. The van der Waals surface area contributed by atoms with Gasteiger partial charge in [-0.3, -0.25) is 0 Å². The summed E-state index contributed by atoms with van der Waals surface area (Å²) in [6.07, 6.45) is 2.84. The second kappa shape index (κ2) is 8.48. The maximum Gasteiger partial charge on any atom is 0.315 e. The van der Waals surface area contributed by atoms with Crippen LogP contribution in [0.2, 0.25) is 0 Å². The Kier molecular flexibility index (Phi) is 5.62. The van der Waals surface area contributed by atoms with Gasteiger partial charge in [0.25, 0.3) is 0 Å². The van der Waals surface area contributed by atoms with Crippen LogP contribution < -0.4 is 20.3 Å². The fraction of sp³-hybridized carbons (Fsp3) is 0.429. The van der Waals surface area contributed by atoms with E-state index >= 15 is 0 Å². The van der Waals surface area contributed by atoms with E-state index in [9.17, 15) is 4.79 Å². The zero-order valence-electron chi connectivity index (χ0n) is 16.1. The second-order valence-electron chi connectivity index (χ2n) is 7.27. The molecule has 0 radical (unpaired) electrons. The maximum absolute atomic E-state index is 12.1. The summed E-state index contributed by atoms with van der Waals surface area (Å²) in [5.41, 5.74) is 2.15. The molecule has 2 aliphatic heterocycles. The molecule has 1 aromatic carbocycles. The van der Waals surface area contributed by atoms with Crippen molar-refractivity contribution in [3.8, 4) is 5.75 Å². The second-order valence-corrected chi connectivity index (χ2v) is 7.27. The Labute approximate surface area is 165 Å². The van der Waals surface area contributed by atoms with E-state index in [1.165, 1.54) is 5.56 Å². The van der Waals surface area contributed by atoms with Crippen molar-refractivity contribution in [1.29, 1.82) is 0 Å². The minimum absolute atomic E-state index is 0.0139. The van der Waals surface area contributed by atoms with Crippen molar-refractivity contribution in [3.63, 3.8) is 0 Å². The molecule has 1 fully saturated rings. The Morgan fingerprint density at radius 2 is 2.14 bits per heavy atom. The fourth-order valence-corrected chi connectivity index (χ4v) is 3.55. The average molecular weight is 382 g/mol. The van der Waals surface area contributed by atoms with Crippen LogP contribution in [0.4, 0.5) is 10.6 Å². The molecular formula is C21H26N4O3. The Hall–Kier alpha value is -2.80. The molecule has 0 saturated carbocycles. The molecule has 28 heavy (non-hydrogen) atoms. The van der Waals surface area contributed by atoms with Gasteiger partial charge in [0.2, 0.25) is 0 Å². The third kappa shape index (κ3) is 4.54. The third-order valence-electron chi connectivity index (χ3n) is 5.03. The molecule has 1 aromatic heterocycles. The number of carbonyl (C=O) groups is 1. The van der Waals surface area contributed by atoms with Crippen molar-refractivity contribution in [2.45, 2.75) is 32.1 Å². The van der Waals surface area contributed by atoms with Gasteiger partial charge in [-0.05, 0) is 30.2 Å². The highest BCUT2D eigenvalue weighted by atomic mass is 16.5. The predicted octanol–water partition coefficient (Wildman–Crippen LogP) is 2.11. The minimum Gasteiger partial charge on any atom is -0.488 e. The number of para-hydroxylation sites is 1. The van der Waals surface area contributed by atoms with Crippen molar-refractivity contribution in [2.24, 2.45) is 0 Å². The number of hydrogen-bond donors (Lipinski definition) is 2. The zero-order valence-corrected chi connectivity index (χ0v) is 16.1. The smallest absolute Gasteiger partial charge is 0.315 e. The van der Waals surface area contributed by atoms with Crippen molar-refractivity contribution in [1.82, 2.24) is 15.6 Å². The number of morpholine rings is 1. The van der Waals surface area contributed by atoms with Crippen LogP contribution in [0.25, 0.3) is 0 Å². The van der Waals surface area contributed by atoms with E-state index in [0.29, 0.717) is 13.1 Å². The molecule has 0 aliphatic carbocycles. The van der Waals surface area contributed by atoms with Gasteiger partial charge < -0.3 is 25.0 Å². The number of amides is 2. The first-order valence-electron chi connectivity index (χ1n) is 9.75. The van der Waals surface area contributed by atoms with E-state index in [-0.39, 0.29) is 18.2 Å². The quantitative estimate of drug-likeness (QED) is 0.828. The molecule has 3 heterocycles. The summed E-state index contributed by atoms with van der Waals surface area (Å²) < 4.78 is 11.4. The Morgan fingerprint density at radius 1 is 1.25 bits per heavy atom. The van der Waals surface area contributed by atoms with Crippen molar-refractivity contribution in [2.75, 3.05) is 31.1 Å². The number of fused-ring (bicyclic) bond motifs is 1. The van der Waals surface area contributed by atoms with Gasteiger partial charge >= 0.3 is 6.03 Å². The van der Waals surface area contributed by atoms with Gasteiger partial charge in [0.1, 0.15) is 17.7 Å². The van der Waals surface area contributed by atoms with Gasteiger partial charge in [0, 0.05) is 32.3 Å². The number of carbonyl (C=O) groups excluding carboxylic acids is 1. The molecule has 7 heteroatoms. The van der Waals surface area contributed by atoms with E-state index < -0.39 is 0 Å². The first-order valence-corrected chi connectivity index (χ1v) is 9.75. The standard InChI is InChI=1S/C21H26N4O3/c1-15-14-25(8-9-27-15)20-7-6-16(11-22-20)12-23-21(26)24-13-18-10-17-4-2-3-5-19(17)28-18/h2-7,11,15,18H,8-10,12-14H2,1H3,(H2,23,24,26). The van der Waals surface area contributed by atoms with Gasteiger partial charge in [-0.1, -0.05) is 24.3 Å². The van der Waals surface area contributed by atoms with Gasteiger partial charge in [0.05, 0.1) is 19.3 Å². The van der Waals surface area contributed by atoms with Crippen LogP contribution in [-0.4, -0.2) is 49.5 Å². The Morgan fingerprint density at radius 3 is 2.93 bits per heavy atom. The van der Waals surface area contributed by atoms with E-state index in [4.69, 9.17) is 9.47 Å². The van der Waals surface area contributed by atoms with Crippen molar-refractivity contribution >= 4 is 11.8 Å². The lowest BCUT2D eigenvalue weighted by atomic mass is 10.1. The summed E-state index contributed by atoms with van der Waals surface area (Å²) in [5.74, 6) is 1.86. The SMILES string of the molecule is CC1CN(c2ccc(CNC(=O)NCC3Cc4ccccc4O3)cn2)CCO1. The summed E-state index contributed by atoms with van der Waals surface area (Å²) in [7, 11) is 0. The summed E-state index contributed by atoms with van der Waals surface area (Å²) in [5, 5.41) is 5.75. The van der Waals surface area contributed by atoms with E-state index in [1.54, 1.807) is 0 Å². The van der Waals surface area contributed by atoms with Gasteiger partial charge in [-0.15, -0.1) is 0 Å². The lowest BCUT2D eigenvalue weighted by Gasteiger charge is -2.32. The van der Waals surface area contributed by atoms with Gasteiger partial charge in [-0.25, -0.2) is 9.78 Å². The highest BCUT2D eigenvalue weighted by Gasteiger charge is 2.22. The number of nitrogens with zero attached hydrogens (tertiary/aromatic N) is 2. The molecule has 2 aromatic rings. The maximum atomic E-state index is 12.1. The normalized spacial score (nSPS) is 21.0. The first kappa shape index (κ1) is 18.6. The van der Waals surface area contributed by atoms with E-state index in [1.807, 2.05) is 36.5 Å². The molecular weight excluding hydrogens is 356 g/mol. The molecule has 2 atom stereocenters. The summed E-state index contributed by atoms with van der Waals surface area (Å²) >= 11 is 0. The number of ether oxygens (including phenoxy) is 2. The largest absolute Gasteiger partial charge is 0.488 e. The molecule has 1 saturated heterocycles. The van der Waals surface area contributed by atoms with Crippen LogP contribution in [0.1, 0.15) is 18.1 Å². The number of nitrogens with one attached hydrogen (secondary N) is 2. The molecule has 148 valence electrons. The lowest BCUT2D eigenvalue weighted by molar-refractivity contribution is 0.0529. The monoisotopic (exact) mass is 382 g/mol. The number of anilines is 1. The third-order valence-corrected chi connectivity index (χ3v) is 5.03. The number of pyridine rings is 1. The van der Waals surface area contributed by atoms with Crippen LogP contribution in [-0.2, 0) is 17.7 Å². The molecule has 0 bridgehead atoms. The number of urea groups is 1. The summed E-state index contributed by atoms with van der Waals surface area (Å²) in [6, 6.07) is 11.8. The van der Waals surface area contributed by atoms with Crippen LogP contribution >= 0.6 is 0 Å². The predicted molar refractivity (Wildman–Crippen MR) is 107 cm³/mol. The number of benzene rings is 1. The van der Waals surface area contributed by atoms with Crippen LogP contribution in [0.5, 0.6) is 5.75 Å².